The van der Waals surface area contributed by atoms with Gasteiger partial charge in [-0.3, -0.25) is 0 Å². The first kappa shape index (κ1) is 29.0. The highest BCUT2D eigenvalue weighted by atomic mass is 32.1. The Morgan fingerprint density at radius 2 is 0.812 bits per heavy atom. The summed E-state index contributed by atoms with van der Waals surface area (Å²) < 4.78 is 2.61. The smallest absolute Gasteiger partial charge is 0.0991 e. The van der Waals surface area contributed by atoms with E-state index in [1.54, 1.807) is 0 Å². The molecule has 0 fully saturated rings. The van der Waals surface area contributed by atoms with Crippen molar-refractivity contribution in [3.8, 4) is 45.5 Å². The molecule has 8 rings (SSSR count). The van der Waals surface area contributed by atoms with E-state index < -0.39 is 0 Å². The monoisotopic (exact) mass is 629 g/mol. The van der Waals surface area contributed by atoms with Crippen LogP contribution < -0.4 is 4.90 Å². The van der Waals surface area contributed by atoms with E-state index in [0.29, 0.717) is 11.1 Å². The largest absolute Gasteiger partial charge is 0.311 e. The fourth-order valence-corrected chi connectivity index (χ4v) is 7.53. The summed E-state index contributed by atoms with van der Waals surface area (Å²) >= 11 is 1.85. The Bertz CT molecular complexity index is 2380. The molecule has 0 saturated carbocycles. The van der Waals surface area contributed by atoms with Gasteiger partial charge < -0.3 is 4.90 Å². The molecule has 0 atom stereocenters. The molecule has 0 aliphatic carbocycles. The second-order valence-electron chi connectivity index (χ2n) is 11.6. The normalized spacial score (nSPS) is 10.9. The topological polar surface area (TPSA) is 50.8 Å². The van der Waals surface area contributed by atoms with E-state index in [-0.39, 0.29) is 0 Å². The quantitative estimate of drug-likeness (QED) is 0.184. The Balaban J connectivity index is 1.18. The van der Waals surface area contributed by atoms with Crippen molar-refractivity contribution in [2.24, 2.45) is 0 Å². The van der Waals surface area contributed by atoms with Crippen LogP contribution in [0.1, 0.15) is 11.1 Å². The van der Waals surface area contributed by atoms with Crippen LogP contribution in [0.15, 0.2) is 164 Å². The van der Waals surface area contributed by atoms with Crippen molar-refractivity contribution in [1.82, 2.24) is 0 Å². The Hall–Kier alpha value is -6.46. The number of fused-ring (bicyclic) bond motifs is 3. The summed E-state index contributed by atoms with van der Waals surface area (Å²) in [6.07, 6.45) is 0. The zero-order valence-corrected chi connectivity index (χ0v) is 26.7. The van der Waals surface area contributed by atoms with Crippen molar-refractivity contribution in [3.63, 3.8) is 0 Å². The van der Waals surface area contributed by atoms with Gasteiger partial charge in [0.2, 0.25) is 0 Å². The standard InChI is InChI=1S/C44H27N3S/c45-28-30-8-12-32(13-9-30)34-16-22-37(23-17-34)47(38-24-18-35(19-25-38)33-14-10-31(29-46)11-15-33)39-26-20-36(21-27-39)40-5-3-6-42-41-4-1-2-7-43(41)48-44(40)42/h1-27H. The molecule has 0 unspecified atom stereocenters. The average Bonchev–Trinajstić information content (AvgIpc) is 3.55. The number of nitriles is 2. The molecule has 0 radical (unpaired) electrons. The van der Waals surface area contributed by atoms with Crippen molar-refractivity contribution < 1.29 is 0 Å². The molecule has 7 aromatic carbocycles. The Morgan fingerprint density at radius 1 is 0.396 bits per heavy atom. The van der Waals surface area contributed by atoms with Crippen LogP contribution in [0.3, 0.4) is 0 Å². The van der Waals surface area contributed by atoms with Crippen LogP contribution in [0, 0.1) is 22.7 Å². The van der Waals surface area contributed by atoms with E-state index in [0.717, 1.165) is 39.3 Å². The highest BCUT2D eigenvalue weighted by molar-refractivity contribution is 7.26. The number of anilines is 3. The summed E-state index contributed by atoms with van der Waals surface area (Å²) in [5.41, 5.74) is 11.2. The molecule has 8 aromatic rings. The molecule has 0 bridgehead atoms. The van der Waals surface area contributed by atoms with Crippen LogP contribution in [-0.4, -0.2) is 0 Å². The van der Waals surface area contributed by atoms with Crippen LogP contribution in [0.2, 0.25) is 0 Å². The summed E-state index contributed by atoms with van der Waals surface area (Å²) in [6.45, 7) is 0. The molecule has 1 heterocycles. The zero-order chi connectivity index (χ0) is 32.5. The third-order valence-corrected chi connectivity index (χ3v) is 10.0. The van der Waals surface area contributed by atoms with Crippen LogP contribution >= 0.6 is 11.3 Å². The van der Waals surface area contributed by atoms with Crippen molar-refractivity contribution in [1.29, 1.82) is 10.5 Å². The third-order valence-electron chi connectivity index (χ3n) is 8.79. The van der Waals surface area contributed by atoms with Gasteiger partial charge in [-0.1, -0.05) is 97.1 Å². The van der Waals surface area contributed by atoms with Crippen molar-refractivity contribution in [3.05, 3.63) is 175 Å². The van der Waals surface area contributed by atoms with Crippen LogP contribution in [0.25, 0.3) is 53.6 Å². The molecule has 3 nitrogen and oxygen atoms in total. The van der Waals surface area contributed by atoms with Gasteiger partial charge in [0.15, 0.2) is 0 Å². The Kier molecular flexibility index (Phi) is 7.48. The van der Waals surface area contributed by atoms with Gasteiger partial charge in [-0.05, 0) is 100 Å². The van der Waals surface area contributed by atoms with Crippen molar-refractivity contribution >= 4 is 48.6 Å². The molecular weight excluding hydrogens is 603 g/mol. The van der Waals surface area contributed by atoms with Crippen molar-refractivity contribution in [2.75, 3.05) is 4.90 Å². The zero-order valence-electron chi connectivity index (χ0n) is 25.8. The maximum absolute atomic E-state index is 9.21. The second-order valence-corrected chi connectivity index (χ2v) is 12.7. The maximum Gasteiger partial charge on any atom is 0.0991 e. The Morgan fingerprint density at radius 3 is 1.29 bits per heavy atom. The van der Waals surface area contributed by atoms with Gasteiger partial charge in [-0.25, -0.2) is 0 Å². The number of nitrogens with zero attached hydrogens (tertiary/aromatic N) is 3. The molecular formula is C44H27N3S. The lowest BCUT2D eigenvalue weighted by Gasteiger charge is -2.26. The van der Waals surface area contributed by atoms with Gasteiger partial charge in [-0.15, -0.1) is 11.3 Å². The van der Waals surface area contributed by atoms with Gasteiger partial charge in [-0.2, -0.15) is 10.5 Å². The minimum Gasteiger partial charge on any atom is -0.311 e. The fraction of sp³-hybridized carbons (Fsp3) is 0. The number of thiophene rings is 1. The van der Waals surface area contributed by atoms with E-state index in [9.17, 15) is 10.5 Å². The lowest BCUT2D eigenvalue weighted by atomic mass is 10.0. The molecule has 48 heavy (non-hydrogen) atoms. The van der Waals surface area contributed by atoms with Crippen LogP contribution in [-0.2, 0) is 0 Å². The number of rotatable bonds is 6. The third kappa shape index (κ3) is 5.37. The number of benzene rings is 7. The predicted octanol–water partition coefficient (Wildman–Crippen LogP) is 12.3. The molecule has 0 N–H and O–H groups in total. The molecule has 0 saturated heterocycles. The molecule has 224 valence electrons. The highest BCUT2D eigenvalue weighted by Crippen LogP contribution is 2.42. The Labute approximate surface area is 283 Å². The molecule has 4 heteroatoms. The van der Waals surface area contributed by atoms with E-state index in [1.807, 2.05) is 59.9 Å². The van der Waals surface area contributed by atoms with Gasteiger partial charge in [0, 0.05) is 37.2 Å². The summed E-state index contributed by atoms with van der Waals surface area (Å²) in [4.78, 5) is 2.27. The first-order valence-electron chi connectivity index (χ1n) is 15.7. The van der Waals surface area contributed by atoms with Crippen LogP contribution in [0.4, 0.5) is 17.1 Å². The predicted molar refractivity (Wildman–Crippen MR) is 200 cm³/mol. The van der Waals surface area contributed by atoms with E-state index in [2.05, 4.69) is 132 Å². The average molecular weight is 630 g/mol. The molecule has 0 aliphatic heterocycles. The highest BCUT2D eigenvalue weighted by Gasteiger charge is 2.15. The van der Waals surface area contributed by atoms with Crippen molar-refractivity contribution in [2.45, 2.75) is 0 Å². The van der Waals surface area contributed by atoms with Gasteiger partial charge in [0.05, 0.1) is 23.3 Å². The summed E-state index contributed by atoms with van der Waals surface area (Å²) in [5, 5.41) is 21.0. The fourth-order valence-electron chi connectivity index (χ4n) is 6.29. The molecule has 0 amide bonds. The molecule has 1 aromatic heterocycles. The number of hydrogen-bond acceptors (Lipinski definition) is 4. The number of hydrogen-bond donors (Lipinski definition) is 0. The van der Waals surface area contributed by atoms with Gasteiger partial charge >= 0.3 is 0 Å². The van der Waals surface area contributed by atoms with Gasteiger partial charge in [0.25, 0.3) is 0 Å². The molecule has 0 spiro atoms. The SMILES string of the molecule is N#Cc1ccc(-c2ccc(N(c3ccc(-c4ccc(C#N)cc4)cc3)c3ccc(-c4cccc5c4sc4ccccc45)cc3)cc2)cc1. The minimum absolute atomic E-state index is 0.651. The molecule has 0 aliphatic rings. The first-order chi connectivity index (χ1) is 23.7. The van der Waals surface area contributed by atoms with E-state index in [4.69, 9.17) is 0 Å². The summed E-state index contributed by atoms with van der Waals surface area (Å²) in [7, 11) is 0. The van der Waals surface area contributed by atoms with Gasteiger partial charge in [0.1, 0.15) is 0 Å². The first-order valence-corrected chi connectivity index (χ1v) is 16.5. The lowest BCUT2D eigenvalue weighted by molar-refractivity contribution is 1.28. The maximum atomic E-state index is 9.21. The minimum atomic E-state index is 0.651. The second kappa shape index (κ2) is 12.4. The summed E-state index contributed by atoms with van der Waals surface area (Å²) in [5.74, 6) is 0. The van der Waals surface area contributed by atoms with Crippen LogP contribution in [0.5, 0.6) is 0 Å². The lowest BCUT2D eigenvalue weighted by Crippen LogP contribution is -2.09. The van der Waals surface area contributed by atoms with E-state index >= 15 is 0 Å². The summed E-state index contributed by atoms with van der Waals surface area (Å²) in [6, 6.07) is 60.9. The van der Waals surface area contributed by atoms with E-state index in [1.165, 1.54) is 31.3 Å².